The second-order valence-electron chi connectivity index (χ2n) is 9.38. The zero-order valence-corrected chi connectivity index (χ0v) is 20.6. The van der Waals surface area contributed by atoms with E-state index in [9.17, 15) is 9.59 Å². The molecule has 8 nitrogen and oxygen atoms in total. The van der Waals surface area contributed by atoms with Crippen LogP contribution in [0.2, 0.25) is 0 Å². The molecule has 37 heavy (non-hydrogen) atoms. The number of carbonyl (C=O) groups is 2. The highest BCUT2D eigenvalue weighted by Gasteiger charge is 2.30. The van der Waals surface area contributed by atoms with E-state index < -0.39 is 0 Å². The van der Waals surface area contributed by atoms with Crippen molar-refractivity contribution in [1.29, 1.82) is 0 Å². The van der Waals surface area contributed by atoms with E-state index in [1.54, 1.807) is 30.3 Å². The number of amides is 2. The second-order valence-corrected chi connectivity index (χ2v) is 9.38. The maximum atomic E-state index is 13.8. The fourth-order valence-corrected chi connectivity index (χ4v) is 4.79. The molecule has 1 aliphatic carbocycles. The Morgan fingerprint density at radius 3 is 2.46 bits per heavy atom. The fourth-order valence-electron chi connectivity index (χ4n) is 4.79. The minimum Gasteiger partial charge on any atom is -0.484 e. The molecule has 0 spiro atoms. The van der Waals surface area contributed by atoms with Crippen molar-refractivity contribution in [1.82, 2.24) is 4.90 Å². The van der Waals surface area contributed by atoms with Crippen molar-refractivity contribution in [2.75, 3.05) is 18.7 Å². The number of hydrogen-bond acceptors (Lipinski definition) is 6. The molecule has 192 valence electrons. The molecule has 0 unspecified atom stereocenters. The van der Waals surface area contributed by atoms with Crippen molar-refractivity contribution < 1.29 is 23.8 Å². The molecule has 1 heterocycles. The summed E-state index contributed by atoms with van der Waals surface area (Å²) < 4.78 is 16.5. The first-order chi connectivity index (χ1) is 18.1. The number of fused-ring (bicyclic) bond motifs is 1. The molecule has 1 saturated carbocycles. The number of hydrogen-bond donors (Lipinski definition) is 2. The van der Waals surface area contributed by atoms with Gasteiger partial charge in [-0.15, -0.1) is 0 Å². The van der Waals surface area contributed by atoms with Gasteiger partial charge in [-0.2, -0.15) is 0 Å². The molecule has 3 aromatic carbocycles. The average Bonchev–Trinajstić information content (AvgIpc) is 3.40. The lowest BCUT2D eigenvalue weighted by Crippen LogP contribution is -2.44. The Morgan fingerprint density at radius 2 is 1.65 bits per heavy atom. The number of nitrogens with one attached hydrogen (secondary N) is 1. The van der Waals surface area contributed by atoms with E-state index in [-0.39, 0.29) is 37.3 Å². The van der Waals surface area contributed by atoms with Crippen LogP contribution in [0.3, 0.4) is 0 Å². The molecule has 0 atom stereocenters. The topological polar surface area (TPSA) is 103 Å². The number of nitrogens with zero attached hydrogens (tertiary/aromatic N) is 1. The molecule has 0 saturated heterocycles. The Bertz CT molecular complexity index is 1240. The number of ether oxygens (including phenoxy) is 3. The maximum Gasteiger partial charge on any atom is 0.262 e. The van der Waals surface area contributed by atoms with E-state index in [2.05, 4.69) is 5.32 Å². The summed E-state index contributed by atoms with van der Waals surface area (Å²) in [5, 5.41) is 2.95. The number of benzene rings is 3. The third kappa shape index (κ3) is 6.03. The Labute approximate surface area is 216 Å². The first kappa shape index (κ1) is 24.6. The van der Waals surface area contributed by atoms with Gasteiger partial charge in [0.15, 0.2) is 18.1 Å². The highest BCUT2D eigenvalue weighted by atomic mass is 16.7. The maximum absolute atomic E-state index is 13.8. The van der Waals surface area contributed by atoms with E-state index in [1.807, 2.05) is 47.4 Å². The van der Waals surface area contributed by atoms with Gasteiger partial charge in [-0.05, 0) is 67.6 Å². The third-order valence-corrected chi connectivity index (χ3v) is 6.81. The molecule has 1 aliphatic heterocycles. The third-order valence-electron chi connectivity index (χ3n) is 6.81. The summed E-state index contributed by atoms with van der Waals surface area (Å²) >= 11 is 0. The summed E-state index contributed by atoms with van der Waals surface area (Å²) in [7, 11) is 0. The van der Waals surface area contributed by atoms with Crippen molar-refractivity contribution in [3.8, 4) is 17.2 Å². The largest absolute Gasteiger partial charge is 0.484 e. The van der Waals surface area contributed by atoms with Gasteiger partial charge in [-0.25, -0.2) is 0 Å². The van der Waals surface area contributed by atoms with E-state index in [0.717, 1.165) is 31.2 Å². The number of rotatable bonds is 8. The fraction of sp³-hybridized carbons (Fsp3) is 0.310. The molecular weight excluding hydrogens is 470 g/mol. The average molecular weight is 502 g/mol. The quantitative estimate of drug-likeness (QED) is 0.476. The molecule has 0 bridgehead atoms. The summed E-state index contributed by atoms with van der Waals surface area (Å²) in [5.74, 6) is 1.47. The van der Waals surface area contributed by atoms with Gasteiger partial charge >= 0.3 is 0 Å². The van der Waals surface area contributed by atoms with Crippen molar-refractivity contribution in [2.45, 2.75) is 44.3 Å². The van der Waals surface area contributed by atoms with E-state index in [0.29, 0.717) is 35.0 Å². The monoisotopic (exact) mass is 501 g/mol. The Hall–Kier alpha value is -4.04. The van der Waals surface area contributed by atoms with Gasteiger partial charge in [0.05, 0.1) is 0 Å². The summed E-state index contributed by atoms with van der Waals surface area (Å²) in [6.07, 6.45) is 3.39. The van der Waals surface area contributed by atoms with Crippen LogP contribution in [0.1, 0.15) is 41.6 Å². The van der Waals surface area contributed by atoms with Gasteiger partial charge in [0.2, 0.25) is 6.79 Å². The van der Waals surface area contributed by atoms with Crippen LogP contribution in [-0.4, -0.2) is 42.2 Å². The lowest BCUT2D eigenvalue weighted by atomic mass is 9.90. The molecule has 8 heteroatoms. The van der Waals surface area contributed by atoms with E-state index >= 15 is 0 Å². The predicted octanol–water partition coefficient (Wildman–Crippen LogP) is 4.35. The highest BCUT2D eigenvalue weighted by molar-refractivity contribution is 5.96. The van der Waals surface area contributed by atoms with Crippen LogP contribution in [-0.2, 0) is 11.3 Å². The molecule has 5 rings (SSSR count). The van der Waals surface area contributed by atoms with Crippen LogP contribution in [0.15, 0.2) is 72.8 Å². The molecule has 0 radical (unpaired) electrons. The normalized spacial score (nSPS) is 18.2. The molecule has 2 aliphatic rings. The predicted molar refractivity (Wildman–Crippen MR) is 140 cm³/mol. The Balaban J connectivity index is 1.34. The summed E-state index contributed by atoms with van der Waals surface area (Å²) in [4.78, 5) is 28.4. The molecule has 3 aromatic rings. The zero-order chi connectivity index (χ0) is 25.6. The number of anilines is 1. The van der Waals surface area contributed by atoms with Gasteiger partial charge in [-0.3, -0.25) is 9.59 Å². The zero-order valence-electron chi connectivity index (χ0n) is 20.6. The van der Waals surface area contributed by atoms with Crippen LogP contribution in [0.4, 0.5) is 5.69 Å². The summed E-state index contributed by atoms with van der Waals surface area (Å²) in [5.41, 5.74) is 8.19. The minimum absolute atomic E-state index is 0.0443. The smallest absolute Gasteiger partial charge is 0.262 e. The van der Waals surface area contributed by atoms with Crippen LogP contribution in [0, 0.1) is 0 Å². The van der Waals surface area contributed by atoms with Crippen molar-refractivity contribution in [3.05, 3.63) is 83.9 Å². The summed E-state index contributed by atoms with van der Waals surface area (Å²) in [6, 6.07) is 22.2. The van der Waals surface area contributed by atoms with Gasteiger partial charge in [0.25, 0.3) is 11.8 Å². The lowest BCUT2D eigenvalue weighted by molar-refractivity contribution is -0.118. The molecule has 2 amide bonds. The lowest BCUT2D eigenvalue weighted by Gasteiger charge is -2.36. The van der Waals surface area contributed by atoms with E-state index in [1.165, 1.54) is 0 Å². The second kappa shape index (κ2) is 11.3. The molecule has 1 fully saturated rings. The minimum atomic E-state index is -0.270. The highest BCUT2D eigenvalue weighted by Crippen LogP contribution is 2.34. The molecule has 3 N–H and O–H groups in total. The number of carbonyl (C=O) groups excluding carboxylic acids is 2. The Kier molecular flexibility index (Phi) is 7.56. The van der Waals surface area contributed by atoms with E-state index in [4.69, 9.17) is 19.9 Å². The van der Waals surface area contributed by atoms with Gasteiger partial charge in [0.1, 0.15) is 5.75 Å². The SMILES string of the molecule is NC1CCC(N(Cc2ccccc2NC(=O)COc2ccccc2)C(=O)c2ccc3c(c2)OCO3)CC1. The van der Waals surface area contributed by atoms with Crippen LogP contribution < -0.4 is 25.3 Å². The number of nitrogens with two attached hydrogens (primary N) is 1. The first-order valence-electron chi connectivity index (χ1n) is 12.6. The first-order valence-corrected chi connectivity index (χ1v) is 12.6. The standard InChI is InChI=1S/C29H31N3O5/c30-22-11-13-23(14-12-22)32(29(34)20-10-15-26-27(16-20)37-19-36-26)17-21-6-4-5-9-25(21)31-28(33)18-35-24-7-2-1-3-8-24/h1-10,15-16,22-23H,11-14,17-19,30H2,(H,31,33). The van der Waals surface area contributed by atoms with Crippen LogP contribution in [0.5, 0.6) is 17.2 Å². The van der Waals surface area contributed by atoms with Crippen molar-refractivity contribution in [3.63, 3.8) is 0 Å². The molecular formula is C29H31N3O5. The summed E-state index contributed by atoms with van der Waals surface area (Å²) in [6.45, 7) is 0.389. The van der Waals surface area contributed by atoms with Crippen molar-refractivity contribution in [2.24, 2.45) is 5.73 Å². The van der Waals surface area contributed by atoms with Gasteiger partial charge < -0.3 is 30.2 Å². The molecule has 0 aromatic heterocycles. The van der Waals surface area contributed by atoms with Crippen LogP contribution >= 0.6 is 0 Å². The Morgan fingerprint density at radius 1 is 0.919 bits per heavy atom. The van der Waals surface area contributed by atoms with Gasteiger partial charge in [-0.1, -0.05) is 36.4 Å². The van der Waals surface area contributed by atoms with Gasteiger partial charge in [0, 0.05) is 29.9 Å². The number of para-hydroxylation sites is 2. The van der Waals surface area contributed by atoms with Crippen LogP contribution in [0.25, 0.3) is 0 Å². The van der Waals surface area contributed by atoms with Crippen molar-refractivity contribution >= 4 is 17.5 Å².